The molecule has 1 aromatic heterocycles. The Kier molecular flexibility index (Phi) is 4.76. The Morgan fingerprint density at radius 2 is 2.17 bits per heavy atom. The second-order valence-electron chi connectivity index (χ2n) is 5.67. The maximum atomic E-state index is 12.1. The molecular formula is C17H19ClN4O. The number of benzene rings is 1. The van der Waals surface area contributed by atoms with Crippen LogP contribution in [0.4, 0.5) is 0 Å². The van der Waals surface area contributed by atoms with Gasteiger partial charge in [0, 0.05) is 24.1 Å². The first-order valence-electron chi connectivity index (χ1n) is 7.77. The summed E-state index contributed by atoms with van der Waals surface area (Å²) in [6, 6.07) is 7.48. The highest BCUT2D eigenvalue weighted by Gasteiger charge is 2.15. The molecule has 0 bridgehead atoms. The fourth-order valence-electron chi connectivity index (χ4n) is 2.77. The number of aryl methyl sites for hydroxylation is 1. The predicted octanol–water partition coefficient (Wildman–Crippen LogP) is 2.99. The third kappa shape index (κ3) is 3.62. The van der Waals surface area contributed by atoms with E-state index in [9.17, 15) is 4.79 Å². The summed E-state index contributed by atoms with van der Waals surface area (Å²) in [4.78, 5) is 12.1. The first kappa shape index (κ1) is 15.7. The van der Waals surface area contributed by atoms with Gasteiger partial charge in [0.2, 0.25) is 5.91 Å². The molecule has 1 aliphatic rings. The molecule has 0 saturated heterocycles. The van der Waals surface area contributed by atoms with Crippen molar-refractivity contribution in [2.75, 3.05) is 0 Å². The predicted molar refractivity (Wildman–Crippen MR) is 89.9 cm³/mol. The number of fused-ring (bicyclic) bond motifs is 1. The lowest BCUT2D eigenvalue weighted by atomic mass is 10.1. The molecule has 1 amide bonds. The van der Waals surface area contributed by atoms with Crippen molar-refractivity contribution >= 4 is 23.1 Å². The molecule has 0 saturated carbocycles. The van der Waals surface area contributed by atoms with Gasteiger partial charge in [0.1, 0.15) is 5.82 Å². The number of aromatic nitrogens is 3. The van der Waals surface area contributed by atoms with Crippen LogP contribution in [-0.4, -0.2) is 20.7 Å². The number of amides is 1. The van der Waals surface area contributed by atoms with Crippen LogP contribution in [0.25, 0.3) is 5.57 Å². The lowest BCUT2D eigenvalue weighted by molar-refractivity contribution is -0.116. The Labute approximate surface area is 140 Å². The largest absolute Gasteiger partial charge is 0.345 e. The number of carbonyl (C=O) groups is 1. The van der Waals surface area contributed by atoms with Crippen LogP contribution in [-0.2, 0) is 24.3 Å². The van der Waals surface area contributed by atoms with Crippen molar-refractivity contribution in [3.05, 3.63) is 52.6 Å². The third-order valence-electron chi connectivity index (χ3n) is 4.00. The van der Waals surface area contributed by atoms with E-state index in [0.29, 0.717) is 11.6 Å². The number of nitrogens with one attached hydrogen (secondary N) is 1. The monoisotopic (exact) mass is 330 g/mol. The third-order valence-corrected chi connectivity index (χ3v) is 4.33. The number of hydrogen-bond acceptors (Lipinski definition) is 3. The van der Waals surface area contributed by atoms with Gasteiger partial charge in [0.15, 0.2) is 5.82 Å². The number of allylic oxidation sites excluding steroid dienone is 1. The maximum Gasteiger partial charge on any atom is 0.244 e. The summed E-state index contributed by atoms with van der Waals surface area (Å²) in [6.45, 7) is 3.19. The summed E-state index contributed by atoms with van der Waals surface area (Å²) in [5.41, 5.74) is 1.69. The fraction of sp³-hybridized carbons (Fsp3) is 0.353. The normalized spacial score (nSPS) is 14.4. The van der Waals surface area contributed by atoms with Crippen molar-refractivity contribution in [2.45, 2.75) is 39.3 Å². The molecule has 0 atom stereocenters. The van der Waals surface area contributed by atoms with E-state index in [2.05, 4.69) is 20.1 Å². The first-order chi connectivity index (χ1) is 11.1. The van der Waals surface area contributed by atoms with E-state index >= 15 is 0 Å². The Morgan fingerprint density at radius 3 is 3.00 bits per heavy atom. The number of hydrogen-bond donors (Lipinski definition) is 1. The standard InChI is InChI=1S/C17H19ClN4O/c1-12(13-6-2-3-7-14(13)18)10-17(23)19-11-16-21-20-15-8-4-5-9-22(15)16/h2-3,6-7,10H,4-5,8-9,11H2,1H3,(H,19,23)/b12-10+. The molecule has 2 aromatic rings. The second kappa shape index (κ2) is 6.96. The van der Waals surface area contributed by atoms with E-state index in [1.165, 1.54) is 0 Å². The Hall–Kier alpha value is -2.14. The van der Waals surface area contributed by atoms with Gasteiger partial charge in [-0.25, -0.2) is 0 Å². The van der Waals surface area contributed by atoms with Crippen molar-refractivity contribution in [2.24, 2.45) is 0 Å². The van der Waals surface area contributed by atoms with Gasteiger partial charge in [0.05, 0.1) is 6.54 Å². The number of carbonyl (C=O) groups excluding carboxylic acids is 1. The number of rotatable bonds is 4. The summed E-state index contributed by atoms with van der Waals surface area (Å²) in [7, 11) is 0. The average molecular weight is 331 g/mol. The lowest BCUT2D eigenvalue weighted by Crippen LogP contribution is -2.24. The smallest absolute Gasteiger partial charge is 0.244 e. The lowest BCUT2D eigenvalue weighted by Gasteiger charge is -2.14. The zero-order valence-electron chi connectivity index (χ0n) is 13.1. The molecule has 0 unspecified atom stereocenters. The van der Waals surface area contributed by atoms with Gasteiger partial charge in [-0.1, -0.05) is 29.8 Å². The van der Waals surface area contributed by atoms with Crippen LogP contribution in [0.2, 0.25) is 5.02 Å². The molecule has 1 aromatic carbocycles. The van der Waals surface area contributed by atoms with Crippen LogP contribution in [0.1, 0.15) is 37.0 Å². The molecule has 0 radical (unpaired) electrons. The molecule has 1 aliphatic heterocycles. The van der Waals surface area contributed by atoms with Crippen LogP contribution >= 0.6 is 11.6 Å². The van der Waals surface area contributed by atoms with Crippen molar-refractivity contribution < 1.29 is 4.79 Å². The van der Waals surface area contributed by atoms with E-state index in [4.69, 9.17) is 11.6 Å². The molecule has 23 heavy (non-hydrogen) atoms. The van der Waals surface area contributed by atoms with Crippen LogP contribution in [0.15, 0.2) is 30.3 Å². The summed E-state index contributed by atoms with van der Waals surface area (Å²) in [5.74, 6) is 1.68. The molecule has 5 nitrogen and oxygen atoms in total. The Morgan fingerprint density at radius 1 is 1.35 bits per heavy atom. The summed E-state index contributed by atoms with van der Waals surface area (Å²) >= 11 is 6.15. The molecule has 120 valence electrons. The van der Waals surface area contributed by atoms with Gasteiger partial charge in [-0.15, -0.1) is 10.2 Å². The SMILES string of the molecule is C/C(=C\C(=O)NCc1nnc2n1CCCC2)c1ccccc1Cl. The molecule has 0 aliphatic carbocycles. The zero-order chi connectivity index (χ0) is 16.2. The minimum absolute atomic E-state index is 0.157. The summed E-state index contributed by atoms with van der Waals surface area (Å²) < 4.78 is 2.11. The highest BCUT2D eigenvalue weighted by Crippen LogP contribution is 2.22. The van der Waals surface area contributed by atoms with E-state index in [0.717, 1.165) is 48.6 Å². The van der Waals surface area contributed by atoms with Gasteiger partial charge in [-0.2, -0.15) is 0 Å². The Balaban J connectivity index is 1.65. The van der Waals surface area contributed by atoms with Crippen molar-refractivity contribution in [1.29, 1.82) is 0 Å². The molecular weight excluding hydrogens is 312 g/mol. The number of halogens is 1. The molecule has 2 heterocycles. The average Bonchev–Trinajstić information content (AvgIpc) is 2.96. The van der Waals surface area contributed by atoms with Crippen LogP contribution in [0.3, 0.4) is 0 Å². The molecule has 3 rings (SSSR count). The van der Waals surface area contributed by atoms with Gasteiger partial charge >= 0.3 is 0 Å². The van der Waals surface area contributed by atoms with Crippen molar-refractivity contribution in [1.82, 2.24) is 20.1 Å². The minimum atomic E-state index is -0.157. The fourth-order valence-corrected chi connectivity index (χ4v) is 3.06. The second-order valence-corrected chi connectivity index (χ2v) is 6.07. The van der Waals surface area contributed by atoms with Gasteiger partial charge in [-0.3, -0.25) is 4.79 Å². The van der Waals surface area contributed by atoms with Crippen molar-refractivity contribution in [3.63, 3.8) is 0 Å². The quantitative estimate of drug-likeness (QED) is 0.877. The van der Waals surface area contributed by atoms with Crippen LogP contribution < -0.4 is 5.32 Å². The van der Waals surface area contributed by atoms with Gasteiger partial charge in [0.25, 0.3) is 0 Å². The van der Waals surface area contributed by atoms with Gasteiger partial charge < -0.3 is 9.88 Å². The van der Waals surface area contributed by atoms with Crippen LogP contribution in [0, 0.1) is 0 Å². The van der Waals surface area contributed by atoms with Gasteiger partial charge in [-0.05, 0) is 37.0 Å². The highest BCUT2D eigenvalue weighted by molar-refractivity contribution is 6.32. The minimum Gasteiger partial charge on any atom is -0.345 e. The Bertz CT molecular complexity index is 751. The summed E-state index contributed by atoms with van der Waals surface area (Å²) in [6.07, 6.45) is 4.82. The maximum absolute atomic E-state index is 12.1. The molecule has 1 N–H and O–H groups in total. The molecule has 0 spiro atoms. The molecule has 0 fully saturated rings. The molecule has 6 heteroatoms. The van der Waals surface area contributed by atoms with Crippen molar-refractivity contribution in [3.8, 4) is 0 Å². The van der Waals surface area contributed by atoms with E-state index in [-0.39, 0.29) is 5.91 Å². The highest BCUT2D eigenvalue weighted by atomic mass is 35.5. The first-order valence-corrected chi connectivity index (χ1v) is 8.15. The zero-order valence-corrected chi connectivity index (χ0v) is 13.8. The summed E-state index contributed by atoms with van der Waals surface area (Å²) in [5, 5.41) is 11.9. The topological polar surface area (TPSA) is 59.8 Å². The van der Waals surface area contributed by atoms with E-state index < -0.39 is 0 Å². The number of nitrogens with zero attached hydrogens (tertiary/aromatic N) is 3. The van der Waals surface area contributed by atoms with Crippen LogP contribution in [0.5, 0.6) is 0 Å². The van der Waals surface area contributed by atoms with E-state index in [1.54, 1.807) is 6.08 Å². The van der Waals surface area contributed by atoms with E-state index in [1.807, 2.05) is 31.2 Å².